The Hall–Kier alpha value is -2.73. The largest absolute Gasteiger partial charge is 0.494 e. The average Bonchev–Trinajstić information content (AvgIpc) is 3.25. The van der Waals surface area contributed by atoms with Crippen LogP contribution in [0, 0.1) is 6.92 Å². The number of guanidine groups is 1. The molecular formula is C24H33N3O3. The van der Waals surface area contributed by atoms with Crippen LogP contribution in [-0.4, -0.2) is 38.4 Å². The Kier molecular flexibility index (Phi) is 8.39. The van der Waals surface area contributed by atoms with Crippen LogP contribution in [0.2, 0.25) is 0 Å². The van der Waals surface area contributed by atoms with E-state index in [-0.39, 0.29) is 6.10 Å². The molecule has 1 aliphatic rings. The zero-order valence-electron chi connectivity index (χ0n) is 18.2. The van der Waals surface area contributed by atoms with E-state index < -0.39 is 0 Å². The summed E-state index contributed by atoms with van der Waals surface area (Å²) in [5, 5.41) is 6.75. The fourth-order valence-corrected chi connectivity index (χ4v) is 3.32. The van der Waals surface area contributed by atoms with Gasteiger partial charge in [-0.2, -0.15) is 0 Å². The molecule has 0 bridgehead atoms. The number of hydrogen-bond donors (Lipinski definition) is 2. The maximum Gasteiger partial charge on any atom is 0.191 e. The van der Waals surface area contributed by atoms with Gasteiger partial charge in [-0.15, -0.1) is 0 Å². The van der Waals surface area contributed by atoms with Crippen molar-refractivity contribution in [3.63, 3.8) is 0 Å². The predicted molar refractivity (Wildman–Crippen MR) is 120 cm³/mol. The number of rotatable bonds is 9. The van der Waals surface area contributed by atoms with E-state index in [9.17, 15) is 0 Å². The van der Waals surface area contributed by atoms with Gasteiger partial charge in [0.15, 0.2) is 5.96 Å². The van der Waals surface area contributed by atoms with Gasteiger partial charge in [0, 0.05) is 30.6 Å². The minimum absolute atomic E-state index is 0.127. The first kappa shape index (κ1) is 22.0. The van der Waals surface area contributed by atoms with E-state index >= 15 is 0 Å². The van der Waals surface area contributed by atoms with Crippen LogP contribution in [0.1, 0.15) is 37.0 Å². The molecule has 3 rings (SSSR count). The Morgan fingerprint density at radius 2 is 1.97 bits per heavy atom. The molecule has 6 heteroatoms. The maximum absolute atomic E-state index is 6.21. The molecule has 1 unspecified atom stereocenters. The van der Waals surface area contributed by atoms with Crippen molar-refractivity contribution < 1.29 is 14.2 Å². The van der Waals surface area contributed by atoms with Crippen LogP contribution in [0.15, 0.2) is 47.5 Å². The molecule has 162 valence electrons. The zero-order chi connectivity index (χ0) is 21.2. The lowest BCUT2D eigenvalue weighted by molar-refractivity contribution is 0.140. The Morgan fingerprint density at radius 3 is 2.73 bits per heavy atom. The Morgan fingerprint density at radius 1 is 1.10 bits per heavy atom. The molecule has 2 N–H and O–H groups in total. The molecule has 0 aromatic heterocycles. The number of aryl methyl sites for hydroxylation is 1. The minimum atomic E-state index is 0.127. The van der Waals surface area contributed by atoms with Gasteiger partial charge >= 0.3 is 0 Å². The second-order valence-corrected chi connectivity index (χ2v) is 7.30. The summed E-state index contributed by atoms with van der Waals surface area (Å²) < 4.78 is 17.4. The first-order chi connectivity index (χ1) is 14.7. The molecule has 0 saturated carbocycles. The third-order valence-electron chi connectivity index (χ3n) is 4.87. The molecule has 2 aromatic carbocycles. The lowest BCUT2D eigenvalue weighted by Crippen LogP contribution is -2.37. The van der Waals surface area contributed by atoms with Crippen molar-refractivity contribution in [2.45, 2.75) is 46.4 Å². The maximum atomic E-state index is 6.21. The summed E-state index contributed by atoms with van der Waals surface area (Å²) in [6.45, 7) is 10.2. The van der Waals surface area contributed by atoms with Gasteiger partial charge in [-0.25, -0.2) is 4.99 Å². The van der Waals surface area contributed by atoms with Crippen LogP contribution in [0.5, 0.6) is 11.5 Å². The first-order valence-corrected chi connectivity index (χ1v) is 10.8. The van der Waals surface area contributed by atoms with E-state index in [1.54, 1.807) is 0 Å². The van der Waals surface area contributed by atoms with Crippen molar-refractivity contribution in [2.24, 2.45) is 4.99 Å². The lowest BCUT2D eigenvalue weighted by Gasteiger charge is -2.18. The Balaban J connectivity index is 1.68. The molecule has 2 aromatic rings. The Bertz CT molecular complexity index is 832. The summed E-state index contributed by atoms with van der Waals surface area (Å²) in [4.78, 5) is 4.75. The van der Waals surface area contributed by atoms with Gasteiger partial charge in [-0.1, -0.05) is 30.3 Å². The fourth-order valence-electron chi connectivity index (χ4n) is 3.32. The molecule has 0 spiro atoms. The smallest absolute Gasteiger partial charge is 0.191 e. The van der Waals surface area contributed by atoms with Gasteiger partial charge in [-0.05, 0) is 38.5 Å². The molecule has 30 heavy (non-hydrogen) atoms. The van der Waals surface area contributed by atoms with Crippen LogP contribution < -0.4 is 20.1 Å². The monoisotopic (exact) mass is 411 g/mol. The third-order valence-corrected chi connectivity index (χ3v) is 4.87. The lowest BCUT2D eigenvalue weighted by atomic mass is 10.1. The van der Waals surface area contributed by atoms with Crippen molar-refractivity contribution in [1.29, 1.82) is 0 Å². The first-order valence-electron chi connectivity index (χ1n) is 10.8. The van der Waals surface area contributed by atoms with E-state index in [1.807, 2.05) is 31.2 Å². The number of nitrogens with one attached hydrogen (secondary N) is 2. The van der Waals surface area contributed by atoms with E-state index in [2.05, 4.69) is 42.7 Å². The molecule has 1 fully saturated rings. The Labute approximate surface area is 179 Å². The van der Waals surface area contributed by atoms with Gasteiger partial charge < -0.3 is 24.8 Å². The predicted octanol–water partition coefficient (Wildman–Crippen LogP) is 3.82. The highest BCUT2D eigenvalue weighted by molar-refractivity contribution is 5.79. The zero-order valence-corrected chi connectivity index (χ0v) is 18.2. The molecule has 1 saturated heterocycles. The summed E-state index contributed by atoms with van der Waals surface area (Å²) in [7, 11) is 0. The summed E-state index contributed by atoms with van der Waals surface area (Å²) >= 11 is 0. The molecule has 1 atom stereocenters. The second-order valence-electron chi connectivity index (χ2n) is 7.30. The highest BCUT2D eigenvalue weighted by Gasteiger charge is 2.18. The van der Waals surface area contributed by atoms with Gasteiger partial charge in [-0.3, -0.25) is 0 Å². The number of aliphatic imine (C=N–C) groups is 1. The number of nitrogens with zero attached hydrogens (tertiary/aromatic N) is 1. The second kappa shape index (κ2) is 11.5. The number of ether oxygens (including phenoxy) is 3. The third kappa shape index (κ3) is 6.39. The SMILES string of the molecule is CCNC(=NCc1ccccc1OCC)NCc1ccc(C)cc1OC1CCOC1. The average molecular weight is 412 g/mol. The van der Waals surface area contributed by atoms with Crippen LogP contribution in [0.4, 0.5) is 0 Å². The van der Waals surface area contributed by atoms with Crippen molar-refractivity contribution in [2.75, 3.05) is 26.4 Å². The van der Waals surface area contributed by atoms with Crippen molar-refractivity contribution in [3.05, 3.63) is 59.2 Å². The van der Waals surface area contributed by atoms with Crippen molar-refractivity contribution >= 4 is 5.96 Å². The highest BCUT2D eigenvalue weighted by atomic mass is 16.5. The van der Waals surface area contributed by atoms with Gasteiger partial charge in [0.1, 0.15) is 17.6 Å². The van der Waals surface area contributed by atoms with Crippen LogP contribution in [-0.2, 0) is 17.8 Å². The van der Waals surface area contributed by atoms with E-state index in [1.165, 1.54) is 5.56 Å². The van der Waals surface area contributed by atoms with E-state index in [0.717, 1.165) is 48.2 Å². The standard InChI is InChI=1S/C24H33N3O3/c1-4-25-24(26-15-19-8-6-7-9-22(19)29-5-2)27-16-20-11-10-18(3)14-23(20)30-21-12-13-28-17-21/h6-11,14,21H,4-5,12-13,15-17H2,1-3H3,(H2,25,26,27). The number of hydrogen-bond acceptors (Lipinski definition) is 4. The van der Waals surface area contributed by atoms with Crippen LogP contribution in [0.25, 0.3) is 0 Å². The summed E-state index contributed by atoms with van der Waals surface area (Å²) in [6.07, 6.45) is 1.06. The van der Waals surface area contributed by atoms with Gasteiger partial charge in [0.25, 0.3) is 0 Å². The van der Waals surface area contributed by atoms with Gasteiger partial charge in [0.2, 0.25) is 0 Å². The van der Waals surface area contributed by atoms with Crippen LogP contribution >= 0.6 is 0 Å². The minimum Gasteiger partial charge on any atom is -0.494 e. The number of para-hydroxylation sites is 1. The van der Waals surface area contributed by atoms with Crippen molar-refractivity contribution in [1.82, 2.24) is 10.6 Å². The normalized spacial score (nSPS) is 16.4. The molecule has 1 aliphatic heterocycles. The van der Waals surface area contributed by atoms with Crippen LogP contribution in [0.3, 0.4) is 0 Å². The summed E-state index contributed by atoms with van der Waals surface area (Å²) in [5.41, 5.74) is 3.35. The molecule has 6 nitrogen and oxygen atoms in total. The van der Waals surface area contributed by atoms with Gasteiger partial charge in [0.05, 0.1) is 26.4 Å². The number of benzene rings is 2. The molecule has 0 aliphatic carbocycles. The van der Waals surface area contributed by atoms with E-state index in [4.69, 9.17) is 19.2 Å². The molecule has 1 heterocycles. The topological polar surface area (TPSA) is 64.1 Å². The summed E-state index contributed by atoms with van der Waals surface area (Å²) in [5.74, 6) is 2.56. The molecule has 0 radical (unpaired) electrons. The fraction of sp³-hybridized carbons (Fsp3) is 0.458. The summed E-state index contributed by atoms with van der Waals surface area (Å²) in [6, 6.07) is 14.3. The van der Waals surface area contributed by atoms with E-state index in [0.29, 0.717) is 26.3 Å². The van der Waals surface area contributed by atoms with Crippen molar-refractivity contribution in [3.8, 4) is 11.5 Å². The highest BCUT2D eigenvalue weighted by Crippen LogP contribution is 2.24. The molecule has 0 amide bonds. The molecular weight excluding hydrogens is 378 g/mol. The quantitative estimate of drug-likeness (QED) is 0.485.